The molecule has 0 bridgehead atoms. The molecule has 2 fully saturated rings. The minimum Gasteiger partial charge on any atom is -0.491 e. The third-order valence-electron chi connectivity index (χ3n) is 4.24. The molecule has 1 saturated carbocycles. The van der Waals surface area contributed by atoms with E-state index in [9.17, 15) is 4.79 Å². The lowest BCUT2D eigenvalue weighted by Crippen LogP contribution is -2.28. The lowest BCUT2D eigenvalue weighted by atomic mass is 10.1. The van der Waals surface area contributed by atoms with E-state index in [0.29, 0.717) is 25.0 Å². The number of benzene rings is 1. The summed E-state index contributed by atoms with van der Waals surface area (Å²) in [5, 5.41) is 3.08. The number of aliphatic imine (C=N–C) groups is 1. The first-order chi connectivity index (χ1) is 11.5. The zero-order valence-electron chi connectivity index (χ0n) is 14.8. The fraction of sp³-hybridized carbons (Fsp3) is 0.556. The molecule has 2 aliphatic rings. The van der Waals surface area contributed by atoms with Crippen molar-refractivity contribution in [3.05, 3.63) is 24.3 Å². The average molecular weight is 458 g/mol. The number of nitrogens with zero attached hydrogens (tertiary/aromatic N) is 2. The summed E-state index contributed by atoms with van der Waals surface area (Å²) in [5.41, 5.74) is 6.82. The van der Waals surface area contributed by atoms with Gasteiger partial charge in [0, 0.05) is 37.2 Å². The van der Waals surface area contributed by atoms with Crippen molar-refractivity contribution in [1.29, 1.82) is 0 Å². The number of amides is 1. The molecule has 3 rings (SSSR count). The summed E-state index contributed by atoms with van der Waals surface area (Å²) in [4.78, 5) is 18.3. The van der Waals surface area contributed by atoms with Crippen LogP contribution in [0.15, 0.2) is 29.3 Å². The van der Waals surface area contributed by atoms with Gasteiger partial charge < -0.3 is 20.7 Å². The van der Waals surface area contributed by atoms with Gasteiger partial charge >= 0.3 is 0 Å². The van der Waals surface area contributed by atoms with E-state index >= 15 is 0 Å². The van der Waals surface area contributed by atoms with Gasteiger partial charge in [0.2, 0.25) is 5.91 Å². The molecule has 6 nitrogen and oxygen atoms in total. The van der Waals surface area contributed by atoms with Crippen LogP contribution in [0.25, 0.3) is 0 Å². The number of guanidine groups is 1. The van der Waals surface area contributed by atoms with E-state index in [1.165, 1.54) is 0 Å². The van der Waals surface area contributed by atoms with Crippen LogP contribution in [0.1, 0.15) is 33.1 Å². The highest BCUT2D eigenvalue weighted by Gasteiger charge is 2.39. The number of hydrogen-bond acceptors (Lipinski definition) is 3. The lowest BCUT2D eigenvalue weighted by Gasteiger charge is -2.14. The molecule has 1 amide bonds. The highest BCUT2D eigenvalue weighted by molar-refractivity contribution is 14.0. The van der Waals surface area contributed by atoms with Crippen molar-refractivity contribution in [2.45, 2.75) is 45.3 Å². The third-order valence-corrected chi connectivity index (χ3v) is 4.24. The Morgan fingerprint density at radius 3 is 2.64 bits per heavy atom. The average Bonchev–Trinajstić information content (AvgIpc) is 3.30. The van der Waals surface area contributed by atoms with Crippen molar-refractivity contribution in [3.63, 3.8) is 0 Å². The number of carbonyl (C=O) groups is 1. The molecule has 1 saturated heterocycles. The number of halogens is 1. The van der Waals surface area contributed by atoms with E-state index in [4.69, 9.17) is 10.5 Å². The van der Waals surface area contributed by atoms with Crippen LogP contribution in [0.2, 0.25) is 0 Å². The number of anilines is 1. The van der Waals surface area contributed by atoms with Gasteiger partial charge in [-0.15, -0.1) is 24.0 Å². The summed E-state index contributed by atoms with van der Waals surface area (Å²) in [6.07, 6.45) is 3.05. The first-order valence-electron chi connectivity index (χ1n) is 8.64. The van der Waals surface area contributed by atoms with Gasteiger partial charge in [0.05, 0.1) is 6.10 Å². The Hall–Kier alpha value is -1.51. The molecule has 3 N–H and O–H groups in total. The Morgan fingerprint density at radius 1 is 1.36 bits per heavy atom. The minimum absolute atomic E-state index is 0. The van der Waals surface area contributed by atoms with Crippen molar-refractivity contribution in [3.8, 4) is 5.75 Å². The molecule has 0 radical (unpaired) electrons. The molecule has 0 spiro atoms. The van der Waals surface area contributed by atoms with Crippen molar-refractivity contribution < 1.29 is 9.53 Å². The molecule has 1 aliphatic heterocycles. The zero-order chi connectivity index (χ0) is 17.1. The normalized spacial score (nSPS) is 20.6. The van der Waals surface area contributed by atoms with Gasteiger partial charge in [-0.05, 0) is 51.0 Å². The lowest BCUT2D eigenvalue weighted by molar-refractivity contribution is -0.128. The summed E-state index contributed by atoms with van der Waals surface area (Å²) in [7, 11) is 0. The van der Waals surface area contributed by atoms with Gasteiger partial charge in [0.25, 0.3) is 0 Å². The smallest absolute Gasteiger partial charge is 0.223 e. The van der Waals surface area contributed by atoms with E-state index in [0.717, 1.165) is 30.8 Å². The molecular weight excluding hydrogens is 431 g/mol. The maximum atomic E-state index is 11.9. The second-order valence-corrected chi connectivity index (χ2v) is 6.89. The molecule has 1 aromatic rings. The fourth-order valence-electron chi connectivity index (χ4n) is 2.97. The van der Waals surface area contributed by atoms with Crippen LogP contribution in [0, 0.1) is 5.92 Å². The molecule has 1 heterocycles. The quantitative estimate of drug-likeness (QED) is 0.391. The molecule has 138 valence electrons. The van der Waals surface area contributed by atoms with Crippen molar-refractivity contribution in [2.24, 2.45) is 16.6 Å². The SMILES string of the molecule is CC(C)Oc1ccc(NC(N)=NCC2CC(=O)N(C3CC3)C2)cc1.I. The standard InChI is InChI=1S/C18H26N4O2.HI/c1-12(2)24-16-7-3-14(4-8-16)21-18(19)20-10-13-9-17(23)22(11-13)15-5-6-15;/h3-4,7-8,12-13,15H,5-6,9-11H2,1-2H3,(H3,19,20,21);1H. The van der Waals surface area contributed by atoms with Crippen molar-refractivity contribution in [2.75, 3.05) is 18.4 Å². The molecule has 1 unspecified atom stereocenters. The number of carbonyl (C=O) groups excluding carboxylic acids is 1. The van der Waals surface area contributed by atoms with Crippen LogP contribution in [0.3, 0.4) is 0 Å². The largest absolute Gasteiger partial charge is 0.491 e. The monoisotopic (exact) mass is 458 g/mol. The molecule has 1 aliphatic carbocycles. The van der Waals surface area contributed by atoms with E-state index < -0.39 is 0 Å². The zero-order valence-corrected chi connectivity index (χ0v) is 17.1. The van der Waals surface area contributed by atoms with Gasteiger partial charge in [-0.3, -0.25) is 9.79 Å². The molecule has 0 aromatic heterocycles. The van der Waals surface area contributed by atoms with Gasteiger partial charge in [-0.2, -0.15) is 0 Å². The van der Waals surface area contributed by atoms with Crippen LogP contribution in [0.5, 0.6) is 5.75 Å². The topological polar surface area (TPSA) is 80.0 Å². The number of nitrogens with one attached hydrogen (secondary N) is 1. The molecule has 7 heteroatoms. The van der Waals surface area contributed by atoms with Crippen molar-refractivity contribution in [1.82, 2.24) is 4.90 Å². The van der Waals surface area contributed by atoms with Crippen molar-refractivity contribution >= 4 is 41.5 Å². The summed E-state index contributed by atoms with van der Waals surface area (Å²) in [5.74, 6) is 1.76. The van der Waals surface area contributed by atoms with Crippen LogP contribution in [-0.2, 0) is 4.79 Å². The summed E-state index contributed by atoms with van der Waals surface area (Å²) >= 11 is 0. The predicted octanol–water partition coefficient (Wildman–Crippen LogP) is 2.83. The van der Waals surface area contributed by atoms with Crippen LogP contribution in [0.4, 0.5) is 5.69 Å². The first-order valence-corrected chi connectivity index (χ1v) is 8.64. The summed E-state index contributed by atoms with van der Waals surface area (Å²) < 4.78 is 5.61. The van der Waals surface area contributed by atoms with Crippen LogP contribution >= 0.6 is 24.0 Å². The number of hydrogen-bond donors (Lipinski definition) is 2. The fourth-order valence-corrected chi connectivity index (χ4v) is 2.97. The van der Waals surface area contributed by atoms with E-state index in [1.807, 2.05) is 43.0 Å². The van der Waals surface area contributed by atoms with Gasteiger partial charge in [-0.25, -0.2) is 0 Å². The maximum absolute atomic E-state index is 11.9. The molecule has 25 heavy (non-hydrogen) atoms. The Morgan fingerprint density at radius 2 is 2.04 bits per heavy atom. The Labute approximate surface area is 166 Å². The highest BCUT2D eigenvalue weighted by Crippen LogP contribution is 2.32. The van der Waals surface area contributed by atoms with E-state index in [-0.39, 0.29) is 41.9 Å². The van der Waals surface area contributed by atoms with Gasteiger partial charge in [-0.1, -0.05) is 0 Å². The Kier molecular flexibility index (Phi) is 6.92. The number of nitrogens with two attached hydrogens (primary N) is 1. The number of ether oxygens (including phenoxy) is 1. The van der Waals surface area contributed by atoms with Gasteiger partial charge in [0.1, 0.15) is 5.75 Å². The minimum atomic E-state index is 0. The first kappa shape index (κ1) is 19.8. The highest BCUT2D eigenvalue weighted by atomic mass is 127. The van der Waals surface area contributed by atoms with E-state index in [2.05, 4.69) is 10.3 Å². The Bertz CT molecular complexity index is 614. The molecule has 1 atom stereocenters. The van der Waals surface area contributed by atoms with Crippen LogP contribution < -0.4 is 15.8 Å². The second kappa shape index (κ2) is 8.73. The second-order valence-electron chi connectivity index (χ2n) is 6.89. The Balaban J connectivity index is 0.00000225. The number of likely N-dealkylation sites (tertiary alicyclic amines) is 1. The third kappa shape index (κ3) is 5.76. The van der Waals surface area contributed by atoms with Crippen LogP contribution in [-0.4, -0.2) is 42.0 Å². The maximum Gasteiger partial charge on any atom is 0.223 e. The summed E-state index contributed by atoms with van der Waals surface area (Å²) in [6, 6.07) is 8.12. The molecular formula is C18H27IN4O2. The van der Waals surface area contributed by atoms with E-state index in [1.54, 1.807) is 0 Å². The number of rotatable bonds is 6. The predicted molar refractivity (Wildman–Crippen MR) is 111 cm³/mol. The van der Waals surface area contributed by atoms with Gasteiger partial charge in [0.15, 0.2) is 5.96 Å². The molecule has 1 aromatic carbocycles. The summed E-state index contributed by atoms with van der Waals surface area (Å²) in [6.45, 7) is 5.40.